The molecule has 2 atom stereocenters. The molecule has 2 unspecified atom stereocenters. The van der Waals surface area contributed by atoms with Crippen molar-refractivity contribution in [3.05, 3.63) is 107 Å². The van der Waals surface area contributed by atoms with Crippen molar-refractivity contribution in [1.82, 2.24) is 10.3 Å². The van der Waals surface area contributed by atoms with E-state index in [0.29, 0.717) is 42.1 Å². The van der Waals surface area contributed by atoms with E-state index in [-0.39, 0.29) is 35.2 Å². The normalized spacial score (nSPS) is 20.4. The summed E-state index contributed by atoms with van der Waals surface area (Å²) in [6.07, 6.45) is 6.29. The van der Waals surface area contributed by atoms with Gasteiger partial charge in [0.1, 0.15) is 5.75 Å². The first-order chi connectivity index (χ1) is 23.2. The van der Waals surface area contributed by atoms with Crippen LogP contribution in [0.5, 0.6) is 11.5 Å². The zero-order valence-electron chi connectivity index (χ0n) is 27.3. The third-order valence-corrected chi connectivity index (χ3v) is 11.2. The number of rotatable bonds is 5. The van der Waals surface area contributed by atoms with Crippen LogP contribution >= 0.6 is 0 Å². The van der Waals surface area contributed by atoms with E-state index < -0.39 is 50.4 Å². The average molecular weight is 690 g/mol. The van der Waals surface area contributed by atoms with E-state index in [4.69, 9.17) is 15.3 Å². The molecule has 0 spiro atoms. The van der Waals surface area contributed by atoms with E-state index in [0.717, 1.165) is 11.1 Å². The predicted molar refractivity (Wildman–Crippen MR) is 186 cm³/mol. The SMILES string of the molecule is CC1(C)CCCC(c2cccc(CCC(=O)O)c2)N/C=C\C(=N)c2cccc(c2)Oc2c(F)cc3[nH]ccc3c2CC(C(=O)O)S(=O)(=O)C1. The van der Waals surface area contributed by atoms with Gasteiger partial charge in [0.15, 0.2) is 26.7 Å². The molecule has 0 saturated heterocycles. The molecule has 10 nitrogen and oxygen atoms in total. The van der Waals surface area contributed by atoms with E-state index in [2.05, 4.69) is 10.3 Å². The largest absolute Gasteiger partial charge is 0.481 e. The van der Waals surface area contributed by atoms with Crippen molar-refractivity contribution in [3.8, 4) is 11.5 Å². The maximum Gasteiger partial charge on any atom is 0.322 e. The zero-order valence-corrected chi connectivity index (χ0v) is 28.1. The van der Waals surface area contributed by atoms with Crippen LogP contribution in [0.2, 0.25) is 0 Å². The lowest BCUT2D eigenvalue weighted by Gasteiger charge is -2.28. The smallest absolute Gasteiger partial charge is 0.322 e. The Kier molecular flexibility index (Phi) is 10.6. The molecular formula is C37H40FN3O7S. The number of nitrogens with one attached hydrogen (secondary N) is 3. The lowest BCUT2D eigenvalue weighted by Crippen LogP contribution is -2.38. The van der Waals surface area contributed by atoms with Crippen LogP contribution in [-0.2, 0) is 32.3 Å². The van der Waals surface area contributed by atoms with Crippen LogP contribution in [-0.4, -0.2) is 52.3 Å². The summed E-state index contributed by atoms with van der Waals surface area (Å²) in [5, 5.41) is 30.1. The number of carboxylic acids is 2. The Balaban J connectivity index is 1.55. The molecule has 1 aliphatic heterocycles. The minimum absolute atomic E-state index is 0.00478. The Labute approximate surface area is 284 Å². The number of sulfone groups is 1. The summed E-state index contributed by atoms with van der Waals surface area (Å²) in [5.41, 5.74) is 2.07. The van der Waals surface area contributed by atoms with Crippen LogP contribution < -0.4 is 10.1 Å². The van der Waals surface area contributed by atoms with Gasteiger partial charge < -0.3 is 30.7 Å². The van der Waals surface area contributed by atoms with Gasteiger partial charge in [0.05, 0.1) is 17.5 Å². The molecule has 12 heteroatoms. The highest BCUT2D eigenvalue weighted by atomic mass is 32.2. The van der Waals surface area contributed by atoms with E-state index in [1.807, 2.05) is 24.3 Å². The number of carboxylic acid groups (broad SMARTS) is 2. The van der Waals surface area contributed by atoms with Crippen LogP contribution in [0.15, 0.2) is 79.1 Å². The average Bonchev–Trinajstić information content (AvgIpc) is 3.50. The molecule has 3 aromatic carbocycles. The molecule has 1 aromatic heterocycles. The number of aromatic nitrogens is 1. The molecule has 0 amide bonds. The van der Waals surface area contributed by atoms with Crippen molar-refractivity contribution in [2.45, 2.75) is 63.7 Å². The number of aliphatic carboxylic acids is 2. The molecule has 4 aromatic rings. The molecule has 0 radical (unpaired) electrons. The number of H-pyrrole nitrogens is 1. The van der Waals surface area contributed by atoms with Gasteiger partial charge in [0.25, 0.3) is 0 Å². The van der Waals surface area contributed by atoms with Crippen LogP contribution in [0.1, 0.15) is 67.8 Å². The molecule has 0 aliphatic carbocycles. The summed E-state index contributed by atoms with van der Waals surface area (Å²) in [7, 11) is -4.26. The Morgan fingerprint density at radius 3 is 2.61 bits per heavy atom. The highest BCUT2D eigenvalue weighted by Gasteiger charge is 2.38. The molecule has 2 heterocycles. The van der Waals surface area contributed by atoms with Crippen molar-refractivity contribution in [1.29, 1.82) is 5.41 Å². The molecule has 5 N–H and O–H groups in total. The Morgan fingerprint density at radius 1 is 1.08 bits per heavy atom. The van der Waals surface area contributed by atoms with Crippen molar-refractivity contribution in [2.75, 3.05) is 5.75 Å². The molecule has 0 fully saturated rings. The van der Waals surface area contributed by atoms with Gasteiger partial charge in [-0.15, -0.1) is 0 Å². The zero-order chi connectivity index (χ0) is 35.3. The summed E-state index contributed by atoms with van der Waals surface area (Å²) < 4.78 is 49.4. The Hall–Kier alpha value is -4.97. The van der Waals surface area contributed by atoms with Gasteiger partial charge in [-0.3, -0.25) is 9.59 Å². The van der Waals surface area contributed by atoms with Crippen LogP contribution in [0.4, 0.5) is 4.39 Å². The van der Waals surface area contributed by atoms with Gasteiger partial charge in [-0.1, -0.05) is 56.7 Å². The van der Waals surface area contributed by atoms with Gasteiger partial charge in [-0.2, -0.15) is 0 Å². The minimum atomic E-state index is -4.26. The standard InChI is InChI=1S/C37H40FN3O7S/c1-37(2)15-5-10-31(25-8-3-6-23(18-25)11-12-34(42)43)40-17-14-30(39)24-7-4-9-26(19-24)48-35-28(20-33(36(44)45)49(46,47)22-37)27-13-16-41-32(27)21-29(35)38/h3-4,6-9,13-14,16-19,21,31,33,39-41H,5,10-12,15,20,22H2,1-2H3,(H,42,43)(H,44,45)/b17-14-,39-30?. The molecule has 49 heavy (non-hydrogen) atoms. The van der Waals surface area contributed by atoms with Crippen molar-refractivity contribution < 1.29 is 37.3 Å². The Morgan fingerprint density at radius 2 is 1.86 bits per heavy atom. The first-order valence-electron chi connectivity index (χ1n) is 16.1. The predicted octanol–water partition coefficient (Wildman–Crippen LogP) is 6.95. The third-order valence-electron chi connectivity index (χ3n) is 8.80. The highest BCUT2D eigenvalue weighted by Crippen LogP contribution is 2.37. The Bertz CT molecular complexity index is 2020. The van der Waals surface area contributed by atoms with Crippen molar-refractivity contribution in [2.24, 2.45) is 5.41 Å². The van der Waals surface area contributed by atoms with Gasteiger partial charge in [0, 0.05) is 47.1 Å². The topological polar surface area (TPSA) is 170 Å². The quantitative estimate of drug-likeness (QED) is 0.150. The number of aromatic amines is 1. The second-order valence-electron chi connectivity index (χ2n) is 13.2. The van der Waals surface area contributed by atoms with Gasteiger partial charge in [-0.05, 0) is 66.3 Å². The number of hydrogen-bond acceptors (Lipinski definition) is 7. The highest BCUT2D eigenvalue weighted by molar-refractivity contribution is 7.92. The fourth-order valence-corrected chi connectivity index (χ4v) is 8.51. The first kappa shape index (κ1) is 35.3. The summed E-state index contributed by atoms with van der Waals surface area (Å²) >= 11 is 0. The minimum Gasteiger partial charge on any atom is -0.481 e. The molecule has 2 bridgehead atoms. The lowest BCUT2D eigenvalue weighted by molar-refractivity contribution is -0.137. The second kappa shape index (κ2) is 14.7. The number of fused-ring (bicyclic) bond motifs is 5. The number of aryl methyl sites for hydroxylation is 1. The summed E-state index contributed by atoms with van der Waals surface area (Å²) in [5.74, 6) is -3.71. The summed E-state index contributed by atoms with van der Waals surface area (Å²) in [6.45, 7) is 3.58. The van der Waals surface area contributed by atoms with Crippen molar-refractivity contribution in [3.63, 3.8) is 0 Å². The van der Waals surface area contributed by atoms with Crippen molar-refractivity contribution >= 4 is 38.4 Å². The van der Waals surface area contributed by atoms with E-state index >= 15 is 4.39 Å². The number of hydrogen-bond donors (Lipinski definition) is 5. The van der Waals surface area contributed by atoms with Gasteiger partial charge in [-0.25, -0.2) is 12.8 Å². The summed E-state index contributed by atoms with van der Waals surface area (Å²) in [6, 6.07) is 16.7. The number of benzene rings is 3. The van der Waals surface area contributed by atoms with E-state index in [9.17, 15) is 23.1 Å². The maximum atomic E-state index is 15.6. The number of carbonyl (C=O) groups is 2. The van der Waals surface area contributed by atoms with E-state index in [1.54, 1.807) is 62.7 Å². The molecule has 0 saturated carbocycles. The maximum absolute atomic E-state index is 15.6. The van der Waals surface area contributed by atoms with Crippen LogP contribution in [0.25, 0.3) is 10.9 Å². The molecule has 1 aliphatic rings. The molecule has 258 valence electrons. The number of allylic oxidation sites excluding steroid dienone is 1. The first-order valence-corrected chi connectivity index (χ1v) is 17.8. The lowest BCUT2D eigenvalue weighted by atomic mass is 9.87. The summed E-state index contributed by atoms with van der Waals surface area (Å²) in [4.78, 5) is 26.7. The third kappa shape index (κ3) is 8.74. The van der Waals surface area contributed by atoms with Crippen LogP contribution in [0, 0.1) is 16.6 Å². The van der Waals surface area contributed by atoms with Gasteiger partial charge >= 0.3 is 11.9 Å². The monoisotopic (exact) mass is 689 g/mol. The van der Waals surface area contributed by atoms with Crippen LogP contribution in [0.3, 0.4) is 0 Å². The fraction of sp³-hybridized carbons (Fsp3) is 0.324. The van der Waals surface area contributed by atoms with Gasteiger partial charge in [0.2, 0.25) is 0 Å². The second-order valence-corrected chi connectivity index (χ2v) is 15.4. The number of ether oxygens (including phenoxy) is 1. The fourth-order valence-electron chi connectivity index (χ4n) is 6.34. The number of halogens is 1. The molecule has 5 rings (SSSR count). The molecular weight excluding hydrogens is 649 g/mol. The van der Waals surface area contributed by atoms with E-state index in [1.165, 1.54) is 6.07 Å².